The quantitative estimate of drug-likeness (QED) is 0.0258. The van der Waals surface area contributed by atoms with E-state index in [1.807, 2.05) is 28.8 Å². The largest absolute Gasteiger partial charge is 0.508 e. The number of rotatable bonds is 47. The summed E-state index contributed by atoms with van der Waals surface area (Å²) in [6, 6.07) is 6.02. The molecular weight excluding hydrogens is 1450 g/mol. The van der Waals surface area contributed by atoms with Crippen molar-refractivity contribution in [3.8, 4) is 5.75 Å². The maximum Gasteiger partial charge on any atom is 0.326 e. The molecule has 9 amide bonds. The van der Waals surface area contributed by atoms with Crippen LogP contribution in [0.5, 0.6) is 5.75 Å². The lowest BCUT2D eigenvalue weighted by Crippen LogP contribution is -2.57. The molecule has 604 valence electrons. The number of urea groups is 1. The lowest BCUT2D eigenvalue weighted by molar-refractivity contribution is -0.145. The topological polar surface area (TPSA) is 605 Å². The molecule has 18 N–H and O–H groups in total. The van der Waals surface area contributed by atoms with E-state index >= 15 is 0 Å². The Bertz CT molecular complexity index is 3680. The molecule has 3 aromatic carbocycles. The van der Waals surface area contributed by atoms with Gasteiger partial charge in [0.2, 0.25) is 41.4 Å². The standard InChI is InChI=1S/C70H97N13O27/c1-79(58(89)38-73-56(87)21-19-52(69(108)109)83-33-31-81(40-61(94)95)29-27-80(39-60(92)93)28-30-82(32-34-83)41-62(96)97)53(37-42-12-15-46(84)16-13-42)64(99)76-51(36-43-11-14-44-7-2-3-8-45(44)35-43)63(98)75-48(66(102)103)9-4-5-25-71-54(85)22-23-55(86)72-26-6-10-47(65(100)101)74-57(88)20-17-49(67(104)105)77-70(110)78-50(68(106)107)18-24-59(90)91/h2-3,7-8,11-16,35,47-53,84H,4-6,9-10,17-34,36-41H2,1H3,(H,71,85)(H,72,86)(H,73,87)(H,74,88)(H,75,98)(H,76,99)(H,90,91)(H,92,93)(H,94,95)(H,96,97)(H,100,101)(H,102,103)(H,104,105)(H,106,107)(H,108,109)(H2,77,78,110)/t47-,48+,49-,50-,51+,52?,53+/m0/s1. The van der Waals surface area contributed by atoms with Crippen LogP contribution in [0.25, 0.3) is 10.8 Å². The first kappa shape index (κ1) is 90.7. The van der Waals surface area contributed by atoms with Gasteiger partial charge in [0.25, 0.3) is 0 Å². The second-order valence-electron chi connectivity index (χ2n) is 26.1. The first-order valence-electron chi connectivity index (χ1n) is 35.3. The van der Waals surface area contributed by atoms with E-state index in [9.17, 15) is 127 Å². The number of benzene rings is 3. The summed E-state index contributed by atoms with van der Waals surface area (Å²) in [7, 11) is 1.25. The summed E-state index contributed by atoms with van der Waals surface area (Å²) in [6.07, 6.45) is -4.27. The number of hydrogen-bond donors (Lipinski definition) is 18. The summed E-state index contributed by atoms with van der Waals surface area (Å²) in [4.78, 5) is 221. The molecule has 0 bridgehead atoms. The Balaban J connectivity index is 1.36. The van der Waals surface area contributed by atoms with Gasteiger partial charge in [-0.25, -0.2) is 24.0 Å². The second-order valence-corrected chi connectivity index (χ2v) is 26.1. The highest BCUT2D eigenvalue weighted by molar-refractivity contribution is 5.95. The van der Waals surface area contributed by atoms with Crippen molar-refractivity contribution in [3.05, 3.63) is 77.9 Å². The minimum atomic E-state index is -1.75. The van der Waals surface area contributed by atoms with Gasteiger partial charge in [-0.1, -0.05) is 54.6 Å². The van der Waals surface area contributed by atoms with Crippen LogP contribution in [-0.2, 0) is 89.6 Å². The number of amides is 9. The van der Waals surface area contributed by atoms with Gasteiger partial charge in [0.05, 0.1) is 26.2 Å². The molecule has 0 aromatic heterocycles. The number of aliphatic carboxylic acids is 9. The lowest BCUT2D eigenvalue weighted by atomic mass is 9.99. The Kier molecular flexibility index (Phi) is 38.9. The zero-order valence-electron chi connectivity index (χ0n) is 60.5. The van der Waals surface area contributed by atoms with E-state index in [1.54, 1.807) is 24.3 Å². The monoisotopic (exact) mass is 1550 g/mol. The normalized spacial score (nSPS) is 15.1. The molecule has 1 aliphatic heterocycles. The van der Waals surface area contributed by atoms with Crippen molar-refractivity contribution in [2.24, 2.45) is 0 Å². The molecule has 40 heteroatoms. The number of nitrogens with one attached hydrogen (secondary N) is 8. The minimum Gasteiger partial charge on any atom is -0.508 e. The summed E-state index contributed by atoms with van der Waals surface area (Å²) in [5.41, 5.74) is 0.951. The molecule has 40 nitrogen and oxygen atoms in total. The van der Waals surface area contributed by atoms with E-state index in [1.165, 1.54) is 50.9 Å². The molecule has 1 heterocycles. The number of carbonyl (C=O) groups is 17. The third-order valence-electron chi connectivity index (χ3n) is 17.7. The van der Waals surface area contributed by atoms with Gasteiger partial charge in [-0.3, -0.25) is 77.1 Å². The highest BCUT2D eigenvalue weighted by Gasteiger charge is 2.35. The van der Waals surface area contributed by atoms with Crippen LogP contribution in [0.4, 0.5) is 4.79 Å². The molecule has 110 heavy (non-hydrogen) atoms. The number of hydrogen-bond acceptors (Lipinski definition) is 22. The zero-order valence-corrected chi connectivity index (χ0v) is 60.5. The number of unbranched alkanes of at least 4 members (excludes halogenated alkanes) is 1. The SMILES string of the molecule is CN(C(=O)CNC(=O)CCC(C(=O)O)N1CCN(CC(=O)O)CCN(CC(=O)O)CCN(CC(=O)O)CC1)[C@H](Cc1ccc(O)cc1)C(=O)N[C@H](Cc1ccc2ccccc2c1)C(=O)N[C@H](CCCCNC(=O)CCC(=O)NCCC[C@H](NC(=O)CC[C@H](NC(=O)N[C@@H](CCC(=O)O)C(=O)O)C(=O)O)C(=O)O)C(=O)O. The molecule has 0 aliphatic carbocycles. The number of carboxylic acids is 9. The molecular formula is C70H97N13O27. The molecule has 0 radical (unpaired) electrons. The highest BCUT2D eigenvalue weighted by Crippen LogP contribution is 2.20. The number of carbonyl (C=O) groups excluding carboxylic acids is 8. The maximum atomic E-state index is 14.8. The minimum absolute atomic E-state index is 0.00667. The summed E-state index contributed by atoms with van der Waals surface area (Å²) in [5.74, 6) is -18.1. The van der Waals surface area contributed by atoms with Gasteiger partial charge in [0.1, 0.15) is 48.0 Å². The Labute approximate surface area is 630 Å². The van der Waals surface area contributed by atoms with E-state index in [0.29, 0.717) is 11.1 Å². The van der Waals surface area contributed by atoms with Gasteiger partial charge in [-0.15, -0.1) is 0 Å². The Morgan fingerprint density at radius 1 is 0.400 bits per heavy atom. The summed E-state index contributed by atoms with van der Waals surface area (Å²) in [5, 5.41) is 118. The van der Waals surface area contributed by atoms with Crippen LogP contribution >= 0.6 is 0 Å². The predicted molar refractivity (Wildman–Crippen MR) is 384 cm³/mol. The molecule has 7 atom stereocenters. The van der Waals surface area contributed by atoms with Gasteiger partial charge in [0, 0.05) is 117 Å². The van der Waals surface area contributed by atoms with Crippen LogP contribution in [0, 0.1) is 0 Å². The predicted octanol–water partition coefficient (Wildman–Crippen LogP) is -2.58. The smallest absolute Gasteiger partial charge is 0.326 e. The fraction of sp³-hybridized carbons (Fsp3) is 0.529. The molecule has 3 aromatic rings. The van der Waals surface area contributed by atoms with Crippen LogP contribution in [0.15, 0.2) is 66.7 Å². The van der Waals surface area contributed by atoms with Gasteiger partial charge in [0.15, 0.2) is 0 Å². The van der Waals surface area contributed by atoms with Crippen molar-refractivity contribution in [2.45, 2.75) is 139 Å². The van der Waals surface area contributed by atoms with Crippen LogP contribution in [-0.4, -0.2) is 318 Å². The number of phenols is 1. The van der Waals surface area contributed by atoms with Gasteiger partial charge < -0.3 is 98.5 Å². The lowest BCUT2D eigenvalue weighted by Gasteiger charge is -2.35. The third-order valence-corrected chi connectivity index (χ3v) is 17.7. The first-order valence-corrected chi connectivity index (χ1v) is 35.3. The Morgan fingerprint density at radius 2 is 0.845 bits per heavy atom. The highest BCUT2D eigenvalue weighted by atomic mass is 16.4. The van der Waals surface area contributed by atoms with Crippen molar-refractivity contribution in [1.29, 1.82) is 0 Å². The molecule has 1 unspecified atom stereocenters. The fourth-order valence-electron chi connectivity index (χ4n) is 11.7. The van der Waals surface area contributed by atoms with E-state index in [2.05, 4.69) is 31.9 Å². The number of phenolic OH excluding ortho intramolecular Hbond substituents is 1. The van der Waals surface area contributed by atoms with E-state index < -0.39 is 202 Å². The molecule has 1 saturated heterocycles. The molecule has 1 aliphatic rings. The fourth-order valence-corrected chi connectivity index (χ4v) is 11.7. The van der Waals surface area contributed by atoms with Crippen LogP contribution in [0.2, 0.25) is 0 Å². The van der Waals surface area contributed by atoms with E-state index in [-0.39, 0.29) is 135 Å². The first-order chi connectivity index (χ1) is 52.1. The summed E-state index contributed by atoms with van der Waals surface area (Å²) in [6.45, 7) is -2.02. The number of carboxylic acid groups (broad SMARTS) is 9. The van der Waals surface area contributed by atoms with Crippen LogP contribution in [0.3, 0.4) is 0 Å². The zero-order chi connectivity index (χ0) is 81.6. The van der Waals surface area contributed by atoms with Crippen molar-refractivity contribution in [2.75, 3.05) is 98.7 Å². The van der Waals surface area contributed by atoms with Crippen molar-refractivity contribution in [3.63, 3.8) is 0 Å². The van der Waals surface area contributed by atoms with Crippen LogP contribution < -0.4 is 42.5 Å². The van der Waals surface area contributed by atoms with Gasteiger partial charge in [-0.05, 0) is 85.4 Å². The third kappa shape index (κ3) is 34.9. The Hall–Kier alpha value is -11.6. The van der Waals surface area contributed by atoms with Crippen molar-refractivity contribution < 1.29 is 133 Å². The van der Waals surface area contributed by atoms with E-state index in [0.717, 1.165) is 15.7 Å². The van der Waals surface area contributed by atoms with Gasteiger partial charge >= 0.3 is 59.8 Å². The summed E-state index contributed by atoms with van der Waals surface area (Å²) < 4.78 is 0. The second kappa shape index (κ2) is 47.2. The molecule has 0 saturated carbocycles. The van der Waals surface area contributed by atoms with Crippen molar-refractivity contribution in [1.82, 2.24) is 67.0 Å². The average Bonchev–Trinajstić information content (AvgIpc) is 0.838. The molecule has 1 fully saturated rings. The number of likely N-dealkylation sites (N-methyl/N-ethyl adjacent to an activating group) is 1. The van der Waals surface area contributed by atoms with Crippen LogP contribution in [0.1, 0.15) is 94.6 Å². The number of aromatic hydroxyl groups is 1. The van der Waals surface area contributed by atoms with Crippen molar-refractivity contribution >= 4 is 112 Å². The van der Waals surface area contributed by atoms with Gasteiger partial charge in [-0.2, -0.15) is 0 Å². The molecule has 4 rings (SSSR count). The summed E-state index contributed by atoms with van der Waals surface area (Å²) >= 11 is 0. The maximum absolute atomic E-state index is 14.8. The number of fused-ring (bicyclic) bond motifs is 1. The molecule has 0 spiro atoms. The number of nitrogens with zero attached hydrogens (tertiary/aromatic N) is 5. The average molecular weight is 1550 g/mol. The Morgan fingerprint density at radius 3 is 1.35 bits per heavy atom. The van der Waals surface area contributed by atoms with E-state index in [4.69, 9.17) is 5.11 Å².